The van der Waals surface area contributed by atoms with Gasteiger partial charge in [-0.15, -0.1) is 0 Å². The molecule has 0 fully saturated rings. The molecule has 0 N–H and O–H groups in total. The highest BCUT2D eigenvalue weighted by molar-refractivity contribution is 8.08. The van der Waals surface area contributed by atoms with Gasteiger partial charge in [0.1, 0.15) is 11.0 Å². The largest absolute Gasteiger partial charge is 0.480 e. The quantitative estimate of drug-likeness (QED) is 0.698. The maximum atomic E-state index is 10.9. The molecular formula is C7H5ClN2O2S. The summed E-state index contributed by atoms with van der Waals surface area (Å²) in [5.74, 6) is 0.173. The van der Waals surface area contributed by atoms with Crippen molar-refractivity contribution < 1.29 is 8.95 Å². The molecule has 6 heteroatoms. The average Bonchev–Trinajstić information content (AvgIpc) is 2.16. The third-order valence-electron chi connectivity index (χ3n) is 1.31. The minimum absolute atomic E-state index is 0.173. The van der Waals surface area contributed by atoms with Crippen LogP contribution in [0.5, 0.6) is 5.88 Å². The first-order valence-electron chi connectivity index (χ1n) is 3.21. The summed E-state index contributed by atoms with van der Waals surface area (Å²) >= 11 is 0. The zero-order valence-corrected chi connectivity index (χ0v) is 8.22. The van der Waals surface area contributed by atoms with Crippen LogP contribution in [-0.2, 0) is 10.0 Å². The van der Waals surface area contributed by atoms with Gasteiger partial charge in [0.2, 0.25) is 5.88 Å². The van der Waals surface area contributed by atoms with Crippen LogP contribution in [0.25, 0.3) is 0 Å². The molecule has 0 radical (unpaired) electrons. The minimum Gasteiger partial charge on any atom is -0.480 e. The lowest BCUT2D eigenvalue weighted by atomic mass is 10.3. The molecule has 1 atom stereocenters. The molecule has 1 aromatic heterocycles. The van der Waals surface area contributed by atoms with Crippen molar-refractivity contribution in [1.29, 1.82) is 5.26 Å². The summed E-state index contributed by atoms with van der Waals surface area (Å²) < 4.78 is 15.7. The SMILES string of the molecule is COc1ncc(C#N)cc1S(=O)Cl. The maximum Gasteiger partial charge on any atom is 0.231 e. The lowest BCUT2D eigenvalue weighted by Crippen LogP contribution is -1.95. The summed E-state index contributed by atoms with van der Waals surface area (Å²) in [6.07, 6.45) is 1.33. The van der Waals surface area contributed by atoms with Crippen molar-refractivity contribution in [3.63, 3.8) is 0 Å². The highest BCUT2D eigenvalue weighted by atomic mass is 35.7. The molecule has 0 aliphatic rings. The second-order valence-electron chi connectivity index (χ2n) is 2.07. The van der Waals surface area contributed by atoms with E-state index in [2.05, 4.69) is 4.98 Å². The zero-order valence-electron chi connectivity index (χ0n) is 6.65. The van der Waals surface area contributed by atoms with Crippen LogP contribution in [0.2, 0.25) is 0 Å². The fraction of sp³-hybridized carbons (Fsp3) is 0.143. The van der Waals surface area contributed by atoms with Crippen LogP contribution >= 0.6 is 10.7 Å². The fourth-order valence-electron chi connectivity index (χ4n) is 0.761. The molecule has 0 aliphatic heterocycles. The molecule has 0 amide bonds. The number of rotatable bonds is 2. The summed E-state index contributed by atoms with van der Waals surface area (Å²) in [7, 11) is 5.03. The molecule has 4 nitrogen and oxygen atoms in total. The van der Waals surface area contributed by atoms with Gasteiger partial charge < -0.3 is 4.74 Å². The highest BCUT2D eigenvalue weighted by Crippen LogP contribution is 2.21. The Kier molecular flexibility index (Phi) is 3.23. The molecule has 1 unspecified atom stereocenters. The van der Waals surface area contributed by atoms with Gasteiger partial charge in [-0.1, -0.05) is 0 Å². The van der Waals surface area contributed by atoms with Crippen molar-refractivity contribution in [2.75, 3.05) is 7.11 Å². The second kappa shape index (κ2) is 4.21. The number of hydrogen-bond acceptors (Lipinski definition) is 4. The van der Waals surface area contributed by atoms with E-state index in [1.54, 1.807) is 0 Å². The fourth-order valence-corrected chi connectivity index (χ4v) is 1.59. The molecule has 0 bridgehead atoms. The first-order valence-corrected chi connectivity index (χ1v) is 5.18. The van der Waals surface area contributed by atoms with Gasteiger partial charge in [-0.05, 0) is 16.7 Å². The van der Waals surface area contributed by atoms with E-state index in [1.807, 2.05) is 6.07 Å². The molecule has 1 rings (SSSR count). The highest BCUT2D eigenvalue weighted by Gasteiger charge is 2.10. The van der Waals surface area contributed by atoms with Crippen LogP contribution < -0.4 is 4.74 Å². The van der Waals surface area contributed by atoms with Crippen molar-refractivity contribution in [1.82, 2.24) is 4.98 Å². The summed E-state index contributed by atoms with van der Waals surface area (Å²) in [6, 6.07) is 3.25. The van der Waals surface area contributed by atoms with E-state index in [4.69, 9.17) is 20.7 Å². The number of pyridine rings is 1. The van der Waals surface area contributed by atoms with Gasteiger partial charge in [0, 0.05) is 6.20 Å². The first kappa shape index (κ1) is 9.96. The molecule has 0 spiro atoms. The normalized spacial score (nSPS) is 11.8. The Bertz CT molecular complexity index is 389. The van der Waals surface area contributed by atoms with Gasteiger partial charge in [-0.3, -0.25) is 0 Å². The van der Waals surface area contributed by atoms with Crippen LogP contribution in [-0.4, -0.2) is 16.3 Å². The lowest BCUT2D eigenvalue weighted by Gasteiger charge is -2.02. The van der Waals surface area contributed by atoms with Crippen molar-refractivity contribution in [2.24, 2.45) is 0 Å². The van der Waals surface area contributed by atoms with Crippen LogP contribution in [0.4, 0.5) is 0 Å². The van der Waals surface area contributed by atoms with E-state index >= 15 is 0 Å². The number of ether oxygens (including phenoxy) is 1. The third-order valence-corrected chi connectivity index (χ3v) is 2.45. The molecule has 0 saturated carbocycles. The zero-order chi connectivity index (χ0) is 9.84. The van der Waals surface area contributed by atoms with Gasteiger partial charge >= 0.3 is 0 Å². The molecule has 1 heterocycles. The third kappa shape index (κ3) is 2.17. The molecule has 1 aromatic rings. The number of hydrogen-bond donors (Lipinski definition) is 0. The number of nitrogens with zero attached hydrogens (tertiary/aromatic N) is 2. The van der Waals surface area contributed by atoms with E-state index in [0.717, 1.165) is 0 Å². The van der Waals surface area contributed by atoms with E-state index in [0.29, 0.717) is 5.56 Å². The van der Waals surface area contributed by atoms with E-state index in [9.17, 15) is 4.21 Å². The van der Waals surface area contributed by atoms with E-state index in [-0.39, 0.29) is 10.8 Å². The number of aromatic nitrogens is 1. The molecule has 0 aromatic carbocycles. The van der Waals surface area contributed by atoms with Crippen molar-refractivity contribution in [3.05, 3.63) is 17.8 Å². The topological polar surface area (TPSA) is 63.0 Å². The van der Waals surface area contributed by atoms with Crippen LogP contribution in [0.15, 0.2) is 17.2 Å². The van der Waals surface area contributed by atoms with Gasteiger partial charge in [0.25, 0.3) is 0 Å². The Morgan fingerprint density at radius 3 is 2.92 bits per heavy atom. The molecule has 68 valence electrons. The van der Waals surface area contributed by atoms with Gasteiger partial charge in [0.05, 0.1) is 12.7 Å². The van der Waals surface area contributed by atoms with Crippen molar-refractivity contribution >= 4 is 20.7 Å². The Morgan fingerprint density at radius 2 is 2.46 bits per heavy atom. The summed E-state index contributed by atoms with van der Waals surface area (Å²) in [5.41, 5.74) is 0.296. The van der Waals surface area contributed by atoms with Crippen LogP contribution in [0.1, 0.15) is 5.56 Å². The molecule has 0 aliphatic carbocycles. The lowest BCUT2D eigenvalue weighted by molar-refractivity contribution is 0.386. The Morgan fingerprint density at radius 1 is 1.77 bits per heavy atom. The minimum atomic E-state index is -1.72. The van der Waals surface area contributed by atoms with E-state index < -0.39 is 10.0 Å². The first-order chi connectivity index (χ1) is 6.19. The Balaban J connectivity index is 3.28. The monoisotopic (exact) mass is 216 g/mol. The predicted octanol–water partition coefficient (Wildman–Crippen LogP) is 1.22. The number of methoxy groups -OCH3 is 1. The molecule has 13 heavy (non-hydrogen) atoms. The number of nitriles is 1. The van der Waals surface area contributed by atoms with Crippen molar-refractivity contribution in [2.45, 2.75) is 4.90 Å². The summed E-state index contributed by atoms with van der Waals surface area (Å²) in [5, 5.41) is 8.53. The van der Waals surface area contributed by atoms with E-state index in [1.165, 1.54) is 19.4 Å². The van der Waals surface area contributed by atoms with Gasteiger partial charge in [-0.25, -0.2) is 9.19 Å². The average molecular weight is 217 g/mol. The van der Waals surface area contributed by atoms with Crippen LogP contribution in [0, 0.1) is 11.3 Å². The summed E-state index contributed by atoms with van der Waals surface area (Å²) in [4.78, 5) is 3.98. The van der Waals surface area contributed by atoms with Gasteiger partial charge in [-0.2, -0.15) is 5.26 Å². The van der Waals surface area contributed by atoms with Gasteiger partial charge in [0.15, 0.2) is 10.0 Å². The predicted molar refractivity (Wildman–Crippen MR) is 47.8 cm³/mol. The second-order valence-corrected chi connectivity index (χ2v) is 3.79. The number of halogens is 1. The Labute approximate surface area is 82.1 Å². The van der Waals surface area contributed by atoms with Crippen molar-refractivity contribution in [3.8, 4) is 11.9 Å². The molecular weight excluding hydrogens is 212 g/mol. The van der Waals surface area contributed by atoms with Crippen LogP contribution in [0.3, 0.4) is 0 Å². The maximum absolute atomic E-state index is 10.9. The molecule has 0 saturated heterocycles. The Hall–Kier alpha value is -1.12. The standard InChI is InChI=1S/C7H5ClN2O2S/c1-12-7-6(13(8)11)2-5(3-9)4-10-7/h2,4H,1H3. The summed E-state index contributed by atoms with van der Waals surface area (Å²) in [6.45, 7) is 0. The smallest absolute Gasteiger partial charge is 0.231 e.